The Morgan fingerprint density at radius 1 is 1.83 bits per heavy atom. The van der Waals surface area contributed by atoms with Crippen molar-refractivity contribution in [2.24, 2.45) is 0 Å². The van der Waals surface area contributed by atoms with Crippen LogP contribution in [0.3, 0.4) is 0 Å². The first-order chi connectivity index (χ1) is 2.77. The minimum Gasteiger partial charge on any atom is -0.248 e. The maximum atomic E-state index is 11.7. The molecule has 6 heavy (non-hydrogen) atoms. The molecule has 1 heteroatoms. The molecule has 0 aliphatic heterocycles. The second-order valence-corrected chi connectivity index (χ2v) is 1.42. The van der Waals surface area contributed by atoms with E-state index in [1.807, 2.05) is 13.3 Å². The molecule has 1 radical (unpaired) electrons. The fourth-order valence-electron chi connectivity index (χ4n) is 0.325. The predicted octanol–water partition coefficient (Wildman–Crippen LogP) is 1.96. The van der Waals surface area contributed by atoms with Gasteiger partial charge in [0.2, 0.25) is 0 Å². The maximum Gasteiger partial charge on any atom is 0.0976 e. The fourth-order valence-corrected chi connectivity index (χ4v) is 0.325. The summed E-state index contributed by atoms with van der Waals surface area (Å²) in [5, 5.41) is 0. The van der Waals surface area contributed by atoms with E-state index in [0.29, 0.717) is 6.42 Å². The summed E-state index contributed by atoms with van der Waals surface area (Å²) >= 11 is 0. The molecule has 37 valence electrons. The van der Waals surface area contributed by atoms with Crippen LogP contribution in [-0.2, 0) is 0 Å². The quantitative estimate of drug-likeness (QED) is 0.485. The highest BCUT2D eigenvalue weighted by atomic mass is 19.1. The van der Waals surface area contributed by atoms with Gasteiger partial charge < -0.3 is 0 Å². The summed E-state index contributed by atoms with van der Waals surface area (Å²) in [5.74, 6) is 0. The molecule has 0 rings (SSSR count). The lowest BCUT2D eigenvalue weighted by Gasteiger charge is -1.91. The Hall–Kier alpha value is -0.0700. The SMILES string of the molecule is C[CH]CC(C)F. The van der Waals surface area contributed by atoms with Crippen molar-refractivity contribution in [3.8, 4) is 0 Å². The average molecular weight is 89.1 g/mol. The summed E-state index contributed by atoms with van der Waals surface area (Å²) in [6.07, 6.45) is 1.75. The van der Waals surface area contributed by atoms with Crippen LogP contribution >= 0.6 is 0 Å². The van der Waals surface area contributed by atoms with Gasteiger partial charge in [-0.2, -0.15) is 0 Å². The summed E-state index contributed by atoms with van der Waals surface area (Å²) in [4.78, 5) is 0. The van der Waals surface area contributed by atoms with E-state index >= 15 is 0 Å². The van der Waals surface area contributed by atoms with Crippen molar-refractivity contribution in [2.45, 2.75) is 26.4 Å². The van der Waals surface area contributed by atoms with Crippen molar-refractivity contribution in [1.82, 2.24) is 0 Å². The van der Waals surface area contributed by atoms with Gasteiger partial charge in [0.25, 0.3) is 0 Å². The normalized spacial score (nSPS) is 14.5. The van der Waals surface area contributed by atoms with Crippen molar-refractivity contribution in [1.29, 1.82) is 0 Å². The molecule has 0 aliphatic carbocycles. The Morgan fingerprint density at radius 3 is 2.33 bits per heavy atom. The second-order valence-electron chi connectivity index (χ2n) is 1.42. The zero-order valence-corrected chi connectivity index (χ0v) is 4.24. The molecule has 0 aromatic heterocycles. The van der Waals surface area contributed by atoms with Crippen LogP contribution in [0.5, 0.6) is 0 Å². The average Bonchev–Trinajstić information content (AvgIpc) is 1.35. The first-order valence-electron chi connectivity index (χ1n) is 2.19. The van der Waals surface area contributed by atoms with Gasteiger partial charge in [-0.3, -0.25) is 0 Å². The summed E-state index contributed by atoms with van der Waals surface area (Å²) in [7, 11) is 0. The molecule has 0 aromatic carbocycles. The van der Waals surface area contributed by atoms with Crippen molar-refractivity contribution in [3.63, 3.8) is 0 Å². The number of hydrogen-bond donors (Lipinski definition) is 0. The van der Waals surface area contributed by atoms with Crippen LogP contribution in [0.25, 0.3) is 0 Å². The monoisotopic (exact) mass is 89.1 g/mol. The van der Waals surface area contributed by atoms with Crippen LogP contribution in [0.2, 0.25) is 0 Å². The van der Waals surface area contributed by atoms with Crippen LogP contribution in [0.15, 0.2) is 0 Å². The number of hydrogen-bond acceptors (Lipinski definition) is 0. The second kappa shape index (κ2) is 3.13. The molecule has 0 aliphatic rings. The molecule has 0 spiro atoms. The van der Waals surface area contributed by atoms with Crippen LogP contribution in [-0.4, -0.2) is 6.17 Å². The summed E-state index contributed by atoms with van der Waals surface area (Å²) in [6, 6.07) is 0. The van der Waals surface area contributed by atoms with E-state index in [9.17, 15) is 4.39 Å². The zero-order valence-electron chi connectivity index (χ0n) is 4.24. The Labute approximate surface area is 38.4 Å². The Kier molecular flexibility index (Phi) is 3.10. The van der Waals surface area contributed by atoms with Crippen molar-refractivity contribution >= 4 is 0 Å². The molecule has 0 saturated carbocycles. The standard InChI is InChI=1S/C5H10F/c1-3-4-5(2)6/h3,5H,4H2,1-2H3. The first-order valence-corrected chi connectivity index (χ1v) is 2.19. The maximum absolute atomic E-state index is 11.7. The largest absolute Gasteiger partial charge is 0.248 e. The molecular formula is C5H10F. The third-order valence-electron chi connectivity index (χ3n) is 0.560. The molecule has 0 aromatic rings. The van der Waals surface area contributed by atoms with Crippen molar-refractivity contribution in [2.75, 3.05) is 0 Å². The number of alkyl halides is 1. The van der Waals surface area contributed by atoms with Gasteiger partial charge in [0.1, 0.15) is 0 Å². The van der Waals surface area contributed by atoms with E-state index in [-0.39, 0.29) is 0 Å². The summed E-state index contributed by atoms with van der Waals surface area (Å²) < 4.78 is 11.7. The van der Waals surface area contributed by atoms with Crippen LogP contribution in [0.4, 0.5) is 4.39 Å². The molecule has 0 heterocycles. The molecule has 1 unspecified atom stereocenters. The molecular weight excluding hydrogens is 79.1 g/mol. The van der Waals surface area contributed by atoms with Gasteiger partial charge >= 0.3 is 0 Å². The van der Waals surface area contributed by atoms with E-state index < -0.39 is 6.17 Å². The van der Waals surface area contributed by atoms with E-state index in [1.54, 1.807) is 6.92 Å². The third kappa shape index (κ3) is 3.93. The predicted molar refractivity (Wildman–Crippen MR) is 25.2 cm³/mol. The highest BCUT2D eigenvalue weighted by molar-refractivity contribution is 4.59. The zero-order chi connectivity index (χ0) is 4.99. The summed E-state index contributed by atoms with van der Waals surface area (Å²) in [5.41, 5.74) is 0. The van der Waals surface area contributed by atoms with E-state index in [0.717, 1.165) is 0 Å². The summed E-state index contributed by atoms with van der Waals surface area (Å²) in [6.45, 7) is 3.41. The van der Waals surface area contributed by atoms with Gasteiger partial charge in [0.15, 0.2) is 0 Å². The fraction of sp³-hybridized carbons (Fsp3) is 0.800. The molecule has 0 fully saturated rings. The van der Waals surface area contributed by atoms with Gasteiger partial charge in [-0.15, -0.1) is 0 Å². The third-order valence-corrected chi connectivity index (χ3v) is 0.560. The van der Waals surface area contributed by atoms with E-state index in [1.165, 1.54) is 0 Å². The van der Waals surface area contributed by atoms with E-state index in [4.69, 9.17) is 0 Å². The van der Waals surface area contributed by atoms with Crippen LogP contribution < -0.4 is 0 Å². The first kappa shape index (κ1) is 5.93. The minimum atomic E-state index is -0.657. The van der Waals surface area contributed by atoms with Gasteiger partial charge in [0, 0.05) is 0 Å². The van der Waals surface area contributed by atoms with Crippen molar-refractivity contribution < 1.29 is 4.39 Å². The van der Waals surface area contributed by atoms with Gasteiger partial charge in [-0.05, 0) is 19.8 Å². The minimum absolute atomic E-state index is 0.583. The molecule has 0 bridgehead atoms. The lowest BCUT2D eigenvalue weighted by Crippen LogP contribution is -1.88. The Balaban J connectivity index is 2.63. The topological polar surface area (TPSA) is 0 Å². The molecule has 0 nitrogen and oxygen atoms in total. The highest BCUT2D eigenvalue weighted by Gasteiger charge is 1.90. The smallest absolute Gasteiger partial charge is 0.0976 e. The molecule has 0 saturated heterocycles. The molecule has 0 N–H and O–H groups in total. The van der Waals surface area contributed by atoms with Gasteiger partial charge in [0.05, 0.1) is 6.17 Å². The van der Waals surface area contributed by atoms with Gasteiger partial charge in [-0.1, -0.05) is 6.92 Å². The van der Waals surface area contributed by atoms with E-state index in [2.05, 4.69) is 0 Å². The Bertz CT molecular complexity index is 25.1. The van der Waals surface area contributed by atoms with Crippen LogP contribution in [0.1, 0.15) is 20.3 Å². The van der Waals surface area contributed by atoms with Crippen molar-refractivity contribution in [3.05, 3.63) is 6.42 Å². The van der Waals surface area contributed by atoms with Crippen LogP contribution in [0, 0.1) is 6.42 Å². The number of rotatable bonds is 2. The Morgan fingerprint density at radius 2 is 2.33 bits per heavy atom. The lowest BCUT2D eigenvalue weighted by molar-refractivity contribution is 0.358. The lowest BCUT2D eigenvalue weighted by atomic mass is 10.2. The van der Waals surface area contributed by atoms with Gasteiger partial charge in [-0.25, -0.2) is 4.39 Å². The highest BCUT2D eigenvalue weighted by Crippen LogP contribution is 1.96. The molecule has 0 amide bonds. The number of halogens is 1. The molecule has 1 atom stereocenters.